The van der Waals surface area contributed by atoms with Crippen molar-refractivity contribution in [3.63, 3.8) is 0 Å². The van der Waals surface area contributed by atoms with Crippen LogP contribution in [-0.4, -0.2) is 40.8 Å². The van der Waals surface area contributed by atoms with Crippen LogP contribution in [0.3, 0.4) is 0 Å². The van der Waals surface area contributed by atoms with E-state index in [9.17, 15) is 9.18 Å². The lowest BCUT2D eigenvalue weighted by molar-refractivity contribution is 0.0559. The second kappa shape index (κ2) is 7.32. The van der Waals surface area contributed by atoms with E-state index >= 15 is 0 Å². The van der Waals surface area contributed by atoms with Crippen molar-refractivity contribution in [2.24, 2.45) is 0 Å². The number of fused-ring (bicyclic) bond motifs is 1. The SMILES string of the molecule is CC(C)(C)OC(=O)N(c1c(F)cnc2cnc(Cl)cc12)C1CCCNC1. The van der Waals surface area contributed by atoms with Crippen molar-refractivity contribution < 1.29 is 13.9 Å². The van der Waals surface area contributed by atoms with E-state index in [2.05, 4.69) is 15.3 Å². The molecule has 0 bridgehead atoms. The molecule has 1 unspecified atom stereocenters. The Kier molecular flexibility index (Phi) is 5.29. The predicted octanol–water partition coefficient (Wildman–Crippen LogP) is 3.92. The number of aromatic nitrogens is 2. The Morgan fingerprint density at radius 1 is 1.38 bits per heavy atom. The maximum atomic E-state index is 14.9. The first-order valence-electron chi connectivity index (χ1n) is 8.59. The molecule has 2 aromatic heterocycles. The highest BCUT2D eigenvalue weighted by molar-refractivity contribution is 6.30. The van der Waals surface area contributed by atoms with Gasteiger partial charge in [0.15, 0.2) is 5.82 Å². The molecule has 2 aromatic rings. The molecule has 0 aliphatic carbocycles. The van der Waals surface area contributed by atoms with E-state index in [0.29, 0.717) is 17.4 Å². The first kappa shape index (κ1) is 18.8. The zero-order valence-electron chi connectivity index (χ0n) is 15.1. The van der Waals surface area contributed by atoms with Gasteiger partial charge in [-0.15, -0.1) is 0 Å². The number of anilines is 1. The van der Waals surface area contributed by atoms with Crippen LogP contribution in [0.2, 0.25) is 5.15 Å². The van der Waals surface area contributed by atoms with Crippen molar-refractivity contribution in [2.45, 2.75) is 45.3 Å². The van der Waals surface area contributed by atoms with E-state index in [1.165, 1.54) is 17.2 Å². The van der Waals surface area contributed by atoms with Crippen LogP contribution in [-0.2, 0) is 4.74 Å². The molecule has 0 saturated carbocycles. The molecule has 6 nitrogen and oxygen atoms in total. The average Bonchev–Trinajstić information content (AvgIpc) is 2.56. The van der Waals surface area contributed by atoms with Crippen LogP contribution in [0, 0.1) is 5.82 Å². The Bertz CT molecular complexity index is 813. The monoisotopic (exact) mass is 380 g/mol. The lowest BCUT2D eigenvalue weighted by Crippen LogP contribution is -2.51. The van der Waals surface area contributed by atoms with Crippen molar-refractivity contribution in [1.82, 2.24) is 15.3 Å². The number of amides is 1. The Balaban J connectivity index is 2.14. The highest BCUT2D eigenvalue weighted by Crippen LogP contribution is 2.33. The Hall–Kier alpha value is -1.99. The number of hydrogen-bond donors (Lipinski definition) is 1. The van der Waals surface area contributed by atoms with Gasteiger partial charge in [0, 0.05) is 11.9 Å². The minimum absolute atomic E-state index is 0.127. The topological polar surface area (TPSA) is 67.3 Å². The number of carbonyl (C=O) groups is 1. The van der Waals surface area contributed by atoms with Gasteiger partial charge in [-0.1, -0.05) is 11.6 Å². The van der Waals surface area contributed by atoms with Gasteiger partial charge in [-0.3, -0.25) is 9.88 Å². The molecule has 1 saturated heterocycles. The summed E-state index contributed by atoms with van der Waals surface area (Å²) in [6.45, 7) is 6.77. The molecule has 140 valence electrons. The number of rotatable bonds is 2. The first-order chi connectivity index (χ1) is 12.3. The van der Waals surface area contributed by atoms with Crippen LogP contribution in [0.4, 0.5) is 14.9 Å². The molecule has 0 radical (unpaired) electrons. The molecule has 3 rings (SSSR count). The van der Waals surface area contributed by atoms with E-state index < -0.39 is 17.5 Å². The number of pyridine rings is 2. The van der Waals surface area contributed by atoms with Crippen molar-refractivity contribution >= 4 is 34.3 Å². The second-order valence-corrected chi connectivity index (χ2v) is 7.72. The van der Waals surface area contributed by atoms with Crippen LogP contribution in [0.5, 0.6) is 0 Å². The second-order valence-electron chi connectivity index (χ2n) is 7.33. The maximum absolute atomic E-state index is 14.9. The number of piperidine rings is 1. The maximum Gasteiger partial charge on any atom is 0.415 e. The van der Waals surface area contributed by atoms with Crippen molar-refractivity contribution in [1.29, 1.82) is 0 Å². The van der Waals surface area contributed by atoms with Gasteiger partial charge in [-0.2, -0.15) is 0 Å². The number of nitrogens with one attached hydrogen (secondary N) is 1. The summed E-state index contributed by atoms with van der Waals surface area (Å²) in [5.41, 5.74) is -0.110. The molecule has 0 aromatic carbocycles. The van der Waals surface area contributed by atoms with Crippen molar-refractivity contribution in [3.8, 4) is 0 Å². The number of carbonyl (C=O) groups excluding carboxylic acids is 1. The minimum atomic E-state index is -0.698. The molecule has 26 heavy (non-hydrogen) atoms. The Labute approximate surface area is 156 Å². The van der Waals surface area contributed by atoms with Gasteiger partial charge in [0.25, 0.3) is 0 Å². The molecule has 0 spiro atoms. The quantitative estimate of drug-likeness (QED) is 0.800. The molecule has 1 aliphatic rings. The first-order valence-corrected chi connectivity index (χ1v) is 8.97. The van der Waals surface area contributed by atoms with E-state index in [1.807, 2.05) is 0 Å². The summed E-state index contributed by atoms with van der Waals surface area (Å²) in [5.74, 6) is -0.601. The zero-order chi connectivity index (χ0) is 18.9. The summed E-state index contributed by atoms with van der Waals surface area (Å²) in [6, 6.07) is 1.29. The van der Waals surface area contributed by atoms with E-state index in [1.54, 1.807) is 20.8 Å². The molecule has 8 heteroatoms. The molecule has 1 N–H and O–H groups in total. The van der Waals surface area contributed by atoms with Crippen LogP contribution in [0.15, 0.2) is 18.5 Å². The summed E-state index contributed by atoms with van der Waals surface area (Å²) in [5, 5.41) is 3.89. The van der Waals surface area contributed by atoms with Gasteiger partial charge in [0.2, 0.25) is 0 Å². The lowest BCUT2D eigenvalue weighted by Gasteiger charge is -2.36. The minimum Gasteiger partial charge on any atom is -0.443 e. The molecule has 3 heterocycles. The Morgan fingerprint density at radius 2 is 2.15 bits per heavy atom. The fourth-order valence-corrected chi connectivity index (χ4v) is 3.22. The van der Waals surface area contributed by atoms with E-state index in [0.717, 1.165) is 25.6 Å². The van der Waals surface area contributed by atoms with Crippen molar-refractivity contribution in [2.75, 3.05) is 18.0 Å². The van der Waals surface area contributed by atoms with Crippen LogP contribution in [0.1, 0.15) is 33.6 Å². The number of hydrogen-bond acceptors (Lipinski definition) is 5. The smallest absolute Gasteiger partial charge is 0.415 e. The van der Waals surface area contributed by atoms with E-state index in [4.69, 9.17) is 16.3 Å². The van der Waals surface area contributed by atoms with Crippen LogP contribution < -0.4 is 10.2 Å². The summed E-state index contributed by atoms with van der Waals surface area (Å²) < 4.78 is 20.4. The Morgan fingerprint density at radius 3 is 2.81 bits per heavy atom. The molecule has 1 atom stereocenters. The number of halogens is 2. The summed E-state index contributed by atoms with van der Waals surface area (Å²) in [4.78, 5) is 22.4. The third kappa shape index (κ3) is 4.04. The summed E-state index contributed by atoms with van der Waals surface area (Å²) in [7, 11) is 0. The average molecular weight is 381 g/mol. The number of nitrogens with zero attached hydrogens (tertiary/aromatic N) is 3. The standard InChI is InChI=1S/C18H22ClFN4O2/c1-18(2,3)26-17(25)24(11-5-4-6-21-8-11)16-12-7-15(19)23-10-14(12)22-9-13(16)20/h7,9-11,21H,4-6,8H2,1-3H3. The normalized spacial score (nSPS) is 18.0. The zero-order valence-corrected chi connectivity index (χ0v) is 15.8. The van der Waals surface area contributed by atoms with Crippen molar-refractivity contribution in [3.05, 3.63) is 29.4 Å². The summed E-state index contributed by atoms with van der Waals surface area (Å²) in [6.07, 6.45) is 3.60. The molecule has 1 fully saturated rings. The molecular formula is C18H22ClFN4O2. The van der Waals surface area contributed by atoms with Gasteiger partial charge < -0.3 is 10.1 Å². The fourth-order valence-electron chi connectivity index (χ4n) is 3.06. The third-order valence-corrected chi connectivity index (χ3v) is 4.32. The number of ether oxygens (including phenoxy) is 1. The highest BCUT2D eigenvalue weighted by Gasteiger charge is 2.33. The van der Waals surface area contributed by atoms with Gasteiger partial charge in [-0.05, 0) is 46.2 Å². The van der Waals surface area contributed by atoms with Gasteiger partial charge >= 0.3 is 6.09 Å². The lowest BCUT2D eigenvalue weighted by atomic mass is 10.0. The molecule has 1 amide bonds. The third-order valence-electron chi connectivity index (χ3n) is 4.11. The van der Waals surface area contributed by atoms with Gasteiger partial charge in [0.05, 0.1) is 29.6 Å². The fraction of sp³-hybridized carbons (Fsp3) is 0.500. The van der Waals surface area contributed by atoms with Crippen LogP contribution >= 0.6 is 11.6 Å². The van der Waals surface area contributed by atoms with Gasteiger partial charge in [-0.25, -0.2) is 14.2 Å². The van der Waals surface area contributed by atoms with Crippen LogP contribution in [0.25, 0.3) is 10.9 Å². The molecule has 1 aliphatic heterocycles. The highest BCUT2D eigenvalue weighted by atomic mass is 35.5. The predicted molar refractivity (Wildman–Crippen MR) is 99.1 cm³/mol. The largest absolute Gasteiger partial charge is 0.443 e. The van der Waals surface area contributed by atoms with Gasteiger partial charge in [0.1, 0.15) is 10.8 Å². The molecular weight excluding hydrogens is 359 g/mol. The summed E-state index contributed by atoms with van der Waals surface area (Å²) >= 11 is 6.01. The van der Waals surface area contributed by atoms with E-state index in [-0.39, 0.29) is 16.9 Å².